The maximum absolute atomic E-state index is 13.5. The van der Waals surface area contributed by atoms with Gasteiger partial charge in [0.15, 0.2) is 0 Å². The number of hydrogen-bond acceptors (Lipinski definition) is 3. The van der Waals surface area contributed by atoms with Crippen molar-refractivity contribution < 1.29 is 9.18 Å². The Labute approximate surface area is 136 Å². The van der Waals surface area contributed by atoms with Crippen molar-refractivity contribution >= 4 is 17.7 Å². The minimum Gasteiger partial charge on any atom is -0.352 e. The van der Waals surface area contributed by atoms with Crippen LogP contribution in [0.2, 0.25) is 0 Å². The Balaban J connectivity index is 1.63. The van der Waals surface area contributed by atoms with Crippen LogP contribution in [0.15, 0.2) is 24.3 Å². The summed E-state index contributed by atoms with van der Waals surface area (Å²) in [6, 6.07) is 6.55. The van der Waals surface area contributed by atoms with Gasteiger partial charge >= 0.3 is 0 Å². The Bertz CT molecular complexity index is 475. The average Bonchev–Trinajstić information content (AvgIpc) is 2.54. The summed E-state index contributed by atoms with van der Waals surface area (Å²) < 4.78 is 13.5. The number of thioether (sulfide) groups is 1. The number of carbonyl (C=O) groups excluding carboxylic acids is 1. The highest BCUT2D eigenvalue weighted by atomic mass is 32.2. The van der Waals surface area contributed by atoms with Gasteiger partial charge in [-0.3, -0.25) is 4.79 Å². The first kappa shape index (κ1) is 17.3. The summed E-state index contributed by atoms with van der Waals surface area (Å²) in [6.07, 6.45) is 5.11. The summed E-state index contributed by atoms with van der Waals surface area (Å²) in [5.41, 5.74) is 0.536. The second-order valence-electron chi connectivity index (χ2n) is 5.86. The van der Waals surface area contributed by atoms with Crippen LogP contribution in [0.25, 0.3) is 0 Å². The van der Waals surface area contributed by atoms with E-state index in [9.17, 15) is 9.18 Å². The average molecular weight is 324 g/mol. The van der Waals surface area contributed by atoms with Gasteiger partial charge in [0, 0.05) is 25.1 Å². The van der Waals surface area contributed by atoms with Crippen LogP contribution in [-0.2, 0) is 11.3 Å². The summed E-state index contributed by atoms with van der Waals surface area (Å²) in [4.78, 5) is 14.2. The van der Waals surface area contributed by atoms with Crippen molar-refractivity contribution in [3.63, 3.8) is 0 Å². The molecule has 0 radical (unpaired) electrons. The van der Waals surface area contributed by atoms with Crippen LogP contribution in [0.4, 0.5) is 4.39 Å². The van der Waals surface area contributed by atoms with E-state index in [0.29, 0.717) is 12.0 Å². The molecule has 1 aromatic carbocycles. The van der Waals surface area contributed by atoms with Crippen molar-refractivity contribution in [2.24, 2.45) is 5.92 Å². The van der Waals surface area contributed by atoms with Gasteiger partial charge in [0.05, 0.1) is 0 Å². The van der Waals surface area contributed by atoms with Gasteiger partial charge in [0.2, 0.25) is 5.91 Å². The molecule has 0 saturated carbocycles. The Kier molecular flexibility index (Phi) is 7.19. The first-order chi connectivity index (χ1) is 10.7. The zero-order valence-corrected chi connectivity index (χ0v) is 14.0. The summed E-state index contributed by atoms with van der Waals surface area (Å²) in [5.74, 6) is 1.81. The summed E-state index contributed by atoms with van der Waals surface area (Å²) >= 11 is 1.92. The van der Waals surface area contributed by atoms with Crippen molar-refractivity contribution in [3.8, 4) is 0 Å². The standard InChI is InChI=1S/C17H25FN2OS/c1-22-13-14-6-9-20(10-7-14)11-8-17(21)19-12-15-4-2-3-5-16(15)18/h2-5,14H,6-13H2,1H3,(H,19,21). The van der Waals surface area contributed by atoms with E-state index in [1.54, 1.807) is 18.2 Å². The Morgan fingerprint density at radius 3 is 2.77 bits per heavy atom. The van der Waals surface area contributed by atoms with E-state index < -0.39 is 0 Å². The summed E-state index contributed by atoms with van der Waals surface area (Å²) in [6.45, 7) is 3.24. The SMILES string of the molecule is CSCC1CCN(CCC(=O)NCc2ccccc2F)CC1. The largest absolute Gasteiger partial charge is 0.352 e. The van der Waals surface area contributed by atoms with E-state index in [-0.39, 0.29) is 18.3 Å². The highest BCUT2D eigenvalue weighted by Crippen LogP contribution is 2.20. The van der Waals surface area contributed by atoms with Gasteiger partial charge in [-0.05, 0) is 49.9 Å². The third kappa shape index (κ3) is 5.61. The molecule has 1 aliphatic heterocycles. The van der Waals surface area contributed by atoms with Crippen LogP contribution < -0.4 is 5.32 Å². The molecule has 0 aromatic heterocycles. The van der Waals surface area contributed by atoms with E-state index in [4.69, 9.17) is 0 Å². The molecule has 1 aliphatic rings. The maximum Gasteiger partial charge on any atom is 0.221 e. The van der Waals surface area contributed by atoms with E-state index >= 15 is 0 Å². The molecule has 0 bridgehead atoms. The first-order valence-corrected chi connectivity index (χ1v) is 9.30. The quantitative estimate of drug-likeness (QED) is 0.837. The summed E-state index contributed by atoms with van der Waals surface area (Å²) in [5, 5.41) is 2.80. The predicted octanol–water partition coefficient (Wildman–Crippen LogP) is 2.91. The number of carbonyl (C=O) groups is 1. The number of likely N-dealkylation sites (tertiary alicyclic amines) is 1. The third-order valence-electron chi connectivity index (χ3n) is 4.20. The maximum atomic E-state index is 13.5. The Morgan fingerprint density at radius 1 is 1.36 bits per heavy atom. The molecule has 0 atom stereocenters. The van der Waals surface area contributed by atoms with Crippen LogP contribution >= 0.6 is 11.8 Å². The van der Waals surface area contributed by atoms with Gasteiger partial charge in [0.25, 0.3) is 0 Å². The topological polar surface area (TPSA) is 32.3 Å². The predicted molar refractivity (Wildman–Crippen MR) is 90.4 cm³/mol. The number of hydrogen-bond donors (Lipinski definition) is 1. The first-order valence-electron chi connectivity index (χ1n) is 7.90. The van der Waals surface area contributed by atoms with Crippen molar-refractivity contribution in [2.45, 2.75) is 25.8 Å². The number of nitrogens with one attached hydrogen (secondary N) is 1. The van der Waals surface area contributed by atoms with Crippen molar-refractivity contribution in [2.75, 3.05) is 31.6 Å². The molecule has 122 valence electrons. The van der Waals surface area contributed by atoms with Gasteiger partial charge in [-0.2, -0.15) is 11.8 Å². The monoisotopic (exact) mass is 324 g/mol. The van der Waals surface area contributed by atoms with Gasteiger partial charge in [-0.15, -0.1) is 0 Å². The van der Waals surface area contributed by atoms with Gasteiger partial charge in [-0.25, -0.2) is 4.39 Å². The highest BCUT2D eigenvalue weighted by Gasteiger charge is 2.19. The van der Waals surface area contributed by atoms with E-state index in [2.05, 4.69) is 16.5 Å². The zero-order valence-electron chi connectivity index (χ0n) is 13.2. The number of nitrogens with zero attached hydrogens (tertiary/aromatic N) is 1. The Hall–Kier alpha value is -1.07. The Morgan fingerprint density at radius 2 is 2.09 bits per heavy atom. The molecule has 1 amide bonds. The number of amides is 1. The van der Waals surface area contributed by atoms with Gasteiger partial charge in [0.1, 0.15) is 5.82 Å². The fraction of sp³-hybridized carbons (Fsp3) is 0.588. The minimum atomic E-state index is -0.265. The molecule has 0 unspecified atom stereocenters. The lowest BCUT2D eigenvalue weighted by atomic mass is 9.99. The van der Waals surface area contributed by atoms with Crippen molar-refractivity contribution in [3.05, 3.63) is 35.6 Å². The van der Waals surface area contributed by atoms with Crippen LogP contribution in [0.1, 0.15) is 24.8 Å². The molecule has 1 heterocycles. The van der Waals surface area contributed by atoms with Crippen LogP contribution in [0, 0.1) is 11.7 Å². The summed E-state index contributed by atoms with van der Waals surface area (Å²) in [7, 11) is 0. The fourth-order valence-corrected chi connectivity index (χ4v) is 3.60. The number of piperidine rings is 1. The van der Waals surface area contributed by atoms with Crippen molar-refractivity contribution in [1.82, 2.24) is 10.2 Å². The van der Waals surface area contributed by atoms with Crippen LogP contribution in [0.3, 0.4) is 0 Å². The second-order valence-corrected chi connectivity index (χ2v) is 6.77. The van der Waals surface area contributed by atoms with E-state index in [0.717, 1.165) is 25.6 Å². The molecule has 1 N–H and O–H groups in total. The number of halogens is 1. The van der Waals surface area contributed by atoms with E-state index in [1.165, 1.54) is 24.7 Å². The lowest BCUT2D eigenvalue weighted by Crippen LogP contribution is -2.37. The molecular weight excluding hydrogens is 299 g/mol. The minimum absolute atomic E-state index is 0.00510. The molecule has 0 aliphatic carbocycles. The van der Waals surface area contributed by atoms with E-state index in [1.807, 2.05) is 11.8 Å². The third-order valence-corrected chi connectivity index (χ3v) is 5.00. The van der Waals surface area contributed by atoms with Crippen molar-refractivity contribution in [1.29, 1.82) is 0 Å². The molecule has 1 aromatic rings. The molecule has 22 heavy (non-hydrogen) atoms. The molecule has 1 saturated heterocycles. The van der Waals surface area contributed by atoms with Gasteiger partial charge < -0.3 is 10.2 Å². The normalized spacial score (nSPS) is 16.6. The molecule has 3 nitrogen and oxygen atoms in total. The molecule has 5 heteroatoms. The van der Waals surface area contributed by atoms with Crippen LogP contribution in [0.5, 0.6) is 0 Å². The fourth-order valence-electron chi connectivity index (χ4n) is 2.80. The lowest BCUT2D eigenvalue weighted by molar-refractivity contribution is -0.121. The van der Waals surface area contributed by atoms with Gasteiger partial charge in [-0.1, -0.05) is 18.2 Å². The molecule has 0 spiro atoms. The molecule has 1 fully saturated rings. The zero-order chi connectivity index (χ0) is 15.8. The van der Waals surface area contributed by atoms with Crippen LogP contribution in [-0.4, -0.2) is 42.4 Å². The number of rotatable bonds is 7. The smallest absolute Gasteiger partial charge is 0.221 e. The molecular formula is C17H25FN2OS. The molecule has 2 rings (SSSR count). The second kappa shape index (κ2) is 9.16. The number of benzene rings is 1. The highest BCUT2D eigenvalue weighted by molar-refractivity contribution is 7.98. The lowest BCUT2D eigenvalue weighted by Gasteiger charge is -2.31.